The van der Waals surface area contributed by atoms with Crippen molar-refractivity contribution in [3.63, 3.8) is 0 Å². The largest absolute Gasteiger partial charge is 0.494 e. The van der Waals surface area contributed by atoms with Gasteiger partial charge in [0.1, 0.15) is 17.6 Å². The Labute approximate surface area is 252 Å². The first-order valence-corrected chi connectivity index (χ1v) is 16.2. The summed E-state index contributed by atoms with van der Waals surface area (Å²) in [5.41, 5.74) is 2.60. The van der Waals surface area contributed by atoms with Crippen molar-refractivity contribution < 1.29 is 31.8 Å². The number of alkyl halides is 1. The van der Waals surface area contributed by atoms with Gasteiger partial charge in [0.15, 0.2) is 15.7 Å². The Hall–Kier alpha value is -3.37. The molecule has 4 rings (SSSR count). The lowest BCUT2D eigenvalue weighted by Crippen LogP contribution is -2.50. The number of sulfone groups is 1. The molecule has 234 valence electrons. The van der Waals surface area contributed by atoms with Crippen LogP contribution in [-0.2, 0) is 21.1 Å². The van der Waals surface area contributed by atoms with Crippen LogP contribution in [0.1, 0.15) is 25.5 Å². The molecule has 0 spiro atoms. The van der Waals surface area contributed by atoms with Gasteiger partial charge in [-0.3, -0.25) is 4.90 Å². The summed E-state index contributed by atoms with van der Waals surface area (Å²) >= 11 is 0. The molecule has 1 aliphatic heterocycles. The second-order valence-electron chi connectivity index (χ2n) is 10.8. The van der Waals surface area contributed by atoms with E-state index in [-0.39, 0.29) is 42.1 Å². The topological polar surface area (TPSA) is 105 Å². The van der Waals surface area contributed by atoms with Crippen LogP contribution in [0.25, 0.3) is 10.9 Å². The third-order valence-corrected chi connectivity index (χ3v) is 8.53. The van der Waals surface area contributed by atoms with Crippen molar-refractivity contribution in [1.82, 2.24) is 9.47 Å². The Morgan fingerprint density at radius 3 is 2.70 bits per heavy atom. The normalized spacial score (nSPS) is 18.2. The van der Waals surface area contributed by atoms with Crippen molar-refractivity contribution in [3.05, 3.63) is 47.9 Å². The van der Waals surface area contributed by atoms with Crippen LogP contribution in [0.2, 0.25) is 0 Å². The van der Waals surface area contributed by atoms with Crippen molar-refractivity contribution in [2.45, 2.75) is 49.5 Å². The molecule has 1 fully saturated rings. The van der Waals surface area contributed by atoms with Crippen LogP contribution < -0.4 is 15.4 Å². The van der Waals surface area contributed by atoms with E-state index in [4.69, 9.17) is 9.47 Å². The summed E-state index contributed by atoms with van der Waals surface area (Å²) in [6.45, 7) is 4.39. The summed E-state index contributed by atoms with van der Waals surface area (Å²) in [6.07, 6.45) is 0.724. The minimum Gasteiger partial charge on any atom is -0.494 e. The predicted octanol–water partition coefficient (Wildman–Crippen LogP) is 3.90. The van der Waals surface area contributed by atoms with Gasteiger partial charge in [0.25, 0.3) is 0 Å². The number of ether oxygens (including phenoxy) is 2. The molecule has 0 radical (unpaired) electrons. The van der Waals surface area contributed by atoms with Crippen LogP contribution in [0, 0.1) is 17.7 Å². The first-order valence-electron chi connectivity index (χ1n) is 14.3. The summed E-state index contributed by atoms with van der Waals surface area (Å²) in [4.78, 5) is 1.76. The molecule has 0 aliphatic carbocycles. The second-order valence-corrected chi connectivity index (χ2v) is 12.8. The zero-order chi connectivity index (χ0) is 31.1. The van der Waals surface area contributed by atoms with Crippen LogP contribution >= 0.6 is 0 Å². The number of halogens is 2. The van der Waals surface area contributed by atoms with Gasteiger partial charge in [-0.15, -0.1) is 0 Å². The molecule has 9 nitrogen and oxygen atoms in total. The summed E-state index contributed by atoms with van der Waals surface area (Å²) in [5, 5.41) is 17.3. The highest BCUT2D eigenvalue weighted by molar-refractivity contribution is 7.90. The lowest BCUT2D eigenvalue weighted by atomic mass is 10.0. The van der Waals surface area contributed by atoms with Gasteiger partial charge in [0, 0.05) is 56.7 Å². The Morgan fingerprint density at radius 2 is 2.02 bits per heavy atom. The van der Waals surface area contributed by atoms with E-state index in [2.05, 4.69) is 34.0 Å². The average Bonchev–Trinajstić information content (AvgIpc) is 3.30. The van der Waals surface area contributed by atoms with E-state index in [1.807, 2.05) is 29.2 Å². The lowest BCUT2D eigenvalue weighted by Gasteiger charge is -2.36. The standard InChI is InChI=1S/C31H40F2N4O5S/c1-5-13-37-21(8-7-12-34-31-25(32)16-23(43(4,39)40)17-30(31)42-3)15-24-27(9-6-10-29(24)37)35-28-11-14-36(19-26(28)33)18-22(38)20-41-2/h6,9-10,15-17,22,26,28,34-35,38H,5,11-14,18-20H2,1-4H3/t22-,26?,28?/m1/s1. The fourth-order valence-electron chi connectivity index (χ4n) is 5.39. The van der Waals surface area contributed by atoms with E-state index in [0.717, 1.165) is 47.6 Å². The van der Waals surface area contributed by atoms with Crippen molar-refractivity contribution in [3.8, 4) is 17.6 Å². The number of β-amino-alcohol motifs (C(OH)–C–C–N with tert-alkyl or cyclic N) is 1. The van der Waals surface area contributed by atoms with Crippen LogP contribution in [0.3, 0.4) is 0 Å². The Kier molecular flexibility index (Phi) is 10.9. The number of rotatable bonds is 12. The van der Waals surface area contributed by atoms with Gasteiger partial charge in [0.05, 0.1) is 48.5 Å². The number of hydrogen-bond donors (Lipinski definition) is 3. The Morgan fingerprint density at radius 1 is 1.23 bits per heavy atom. The fraction of sp³-hybridized carbons (Fsp3) is 0.484. The number of benzene rings is 2. The molecule has 2 unspecified atom stereocenters. The second kappa shape index (κ2) is 14.4. The summed E-state index contributed by atoms with van der Waals surface area (Å²) in [7, 11) is -0.733. The van der Waals surface area contributed by atoms with Crippen molar-refractivity contribution >= 4 is 32.1 Å². The molecule has 0 bridgehead atoms. The smallest absolute Gasteiger partial charge is 0.175 e. The van der Waals surface area contributed by atoms with Gasteiger partial charge in [-0.1, -0.05) is 18.9 Å². The zero-order valence-electron chi connectivity index (χ0n) is 25.0. The van der Waals surface area contributed by atoms with Crippen molar-refractivity contribution in [1.29, 1.82) is 0 Å². The highest BCUT2D eigenvalue weighted by Crippen LogP contribution is 2.32. The minimum atomic E-state index is -3.60. The molecule has 2 aromatic carbocycles. The number of aliphatic hydroxyl groups excluding tert-OH is 1. The van der Waals surface area contributed by atoms with Crippen LogP contribution in [0.15, 0.2) is 41.3 Å². The fourth-order valence-corrected chi connectivity index (χ4v) is 6.03. The van der Waals surface area contributed by atoms with Gasteiger partial charge in [-0.2, -0.15) is 0 Å². The van der Waals surface area contributed by atoms with Crippen LogP contribution in [0.5, 0.6) is 5.75 Å². The van der Waals surface area contributed by atoms with Gasteiger partial charge in [0.2, 0.25) is 0 Å². The van der Waals surface area contributed by atoms with Crippen molar-refractivity contribution in [2.75, 3.05) is 63.9 Å². The van der Waals surface area contributed by atoms with E-state index in [0.29, 0.717) is 19.5 Å². The molecule has 2 heterocycles. The van der Waals surface area contributed by atoms with Gasteiger partial charge < -0.3 is 29.8 Å². The molecule has 1 aliphatic rings. The zero-order valence-corrected chi connectivity index (χ0v) is 25.8. The monoisotopic (exact) mass is 618 g/mol. The molecule has 0 amide bonds. The Balaban J connectivity index is 1.51. The highest BCUT2D eigenvalue weighted by Gasteiger charge is 2.30. The minimum absolute atomic E-state index is 0.0322. The van der Waals surface area contributed by atoms with E-state index in [1.165, 1.54) is 20.3 Å². The van der Waals surface area contributed by atoms with Gasteiger partial charge >= 0.3 is 0 Å². The maximum atomic E-state index is 15.2. The number of anilines is 2. The highest BCUT2D eigenvalue weighted by atomic mass is 32.2. The molecule has 3 aromatic rings. The molecule has 3 atom stereocenters. The quantitative estimate of drug-likeness (QED) is 0.263. The number of aryl methyl sites for hydroxylation is 1. The number of nitrogens with one attached hydrogen (secondary N) is 2. The summed E-state index contributed by atoms with van der Waals surface area (Å²) < 4.78 is 66.0. The lowest BCUT2D eigenvalue weighted by molar-refractivity contribution is 0.0215. The van der Waals surface area contributed by atoms with Crippen LogP contribution in [-0.4, -0.2) is 94.6 Å². The SMILES string of the molecule is CCCn1c(C#CCNc2c(F)cc(S(C)(=O)=O)cc2OC)cc2c(NC3CCN(C[C@@H](O)COC)CC3F)cccc21. The molecular weight excluding hydrogens is 578 g/mol. The first-order chi connectivity index (χ1) is 20.5. The maximum Gasteiger partial charge on any atom is 0.175 e. The third-order valence-electron chi connectivity index (χ3n) is 7.43. The predicted molar refractivity (Wildman–Crippen MR) is 165 cm³/mol. The van der Waals surface area contributed by atoms with E-state index < -0.39 is 27.9 Å². The molecule has 0 saturated carbocycles. The molecule has 43 heavy (non-hydrogen) atoms. The number of fused-ring (bicyclic) bond motifs is 1. The van der Waals surface area contributed by atoms with Gasteiger partial charge in [-0.25, -0.2) is 17.2 Å². The molecule has 1 aromatic heterocycles. The number of methoxy groups -OCH3 is 2. The number of hydrogen-bond acceptors (Lipinski definition) is 8. The van der Waals surface area contributed by atoms with Crippen LogP contribution in [0.4, 0.5) is 20.2 Å². The number of piperidine rings is 1. The van der Waals surface area contributed by atoms with Crippen molar-refractivity contribution in [2.24, 2.45) is 0 Å². The van der Waals surface area contributed by atoms with E-state index >= 15 is 4.39 Å². The average molecular weight is 619 g/mol. The maximum absolute atomic E-state index is 15.2. The number of aromatic nitrogens is 1. The van der Waals surface area contributed by atoms with Gasteiger partial charge in [-0.05, 0) is 43.0 Å². The van der Waals surface area contributed by atoms with E-state index in [9.17, 15) is 17.9 Å². The number of likely N-dealkylation sites (tertiary alicyclic amines) is 1. The summed E-state index contributed by atoms with van der Waals surface area (Å²) in [5.74, 6) is 5.53. The van der Waals surface area contributed by atoms with E-state index in [1.54, 1.807) is 0 Å². The first kappa shape index (κ1) is 32.5. The molecule has 1 saturated heterocycles. The number of nitrogens with zero attached hydrogens (tertiary/aromatic N) is 2. The summed E-state index contributed by atoms with van der Waals surface area (Å²) in [6, 6.07) is 9.73. The third kappa shape index (κ3) is 7.97. The molecular formula is C31H40F2N4O5S. The molecule has 12 heteroatoms. The number of aliphatic hydroxyl groups is 1. The molecule has 3 N–H and O–H groups in total. The Bertz CT molecular complexity index is 1580.